The van der Waals surface area contributed by atoms with E-state index in [1.165, 1.54) is 0 Å². The van der Waals surface area contributed by atoms with E-state index in [1.54, 1.807) is 6.33 Å². The van der Waals surface area contributed by atoms with Crippen molar-refractivity contribution in [3.63, 3.8) is 0 Å². The minimum atomic E-state index is -0.000466. The van der Waals surface area contributed by atoms with Gasteiger partial charge in [-0.05, 0) is 19.4 Å². The Morgan fingerprint density at radius 2 is 2.62 bits per heavy atom. The van der Waals surface area contributed by atoms with Crippen molar-refractivity contribution >= 4 is 5.91 Å². The SMILES string of the molecule is Cn1cnnc1CCNC(=O)[C@H]1CCCN1. The van der Waals surface area contributed by atoms with Crippen molar-refractivity contribution in [2.75, 3.05) is 13.1 Å². The van der Waals surface area contributed by atoms with Gasteiger partial charge in [-0.1, -0.05) is 0 Å². The fourth-order valence-corrected chi connectivity index (χ4v) is 1.86. The third kappa shape index (κ3) is 2.57. The first-order valence-corrected chi connectivity index (χ1v) is 5.61. The second-order valence-corrected chi connectivity index (χ2v) is 4.05. The highest BCUT2D eigenvalue weighted by molar-refractivity contribution is 5.81. The van der Waals surface area contributed by atoms with E-state index in [0.717, 1.165) is 31.6 Å². The van der Waals surface area contributed by atoms with Gasteiger partial charge in [0.15, 0.2) is 0 Å². The maximum atomic E-state index is 11.6. The van der Waals surface area contributed by atoms with Gasteiger partial charge in [-0.15, -0.1) is 10.2 Å². The molecule has 1 aliphatic rings. The van der Waals surface area contributed by atoms with Crippen LogP contribution in [0.15, 0.2) is 6.33 Å². The molecule has 0 unspecified atom stereocenters. The van der Waals surface area contributed by atoms with E-state index in [9.17, 15) is 4.79 Å². The van der Waals surface area contributed by atoms with Gasteiger partial charge in [-0.25, -0.2) is 0 Å². The zero-order valence-corrected chi connectivity index (χ0v) is 9.44. The average Bonchev–Trinajstić information content (AvgIpc) is 2.90. The molecule has 88 valence electrons. The molecule has 1 aliphatic heterocycles. The lowest BCUT2D eigenvalue weighted by molar-refractivity contribution is -0.122. The third-order valence-corrected chi connectivity index (χ3v) is 2.83. The maximum absolute atomic E-state index is 11.6. The highest BCUT2D eigenvalue weighted by Crippen LogP contribution is 2.04. The van der Waals surface area contributed by atoms with Gasteiger partial charge in [-0.2, -0.15) is 0 Å². The highest BCUT2D eigenvalue weighted by atomic mass is 16.2. The Hall–Kier alpha value is -1.43. The van der Waals surface area contributed by atoms with Crippen molar-refractivity contribution in [1.82, 2.24) is 25.4 Å². The molecule has 0 aromatic carbocycles. The summed E-state index contributed by atoms with van der Waals surface area (Å²) in [6.07, 6.45) is 4.40. The molecule has 1 fully saturated rings. The smallest absolute Gasteiger partial charge is 0.237 e. The van der Waals surface area contributed by atoms with Crippen molar-refractivity contribution in [2.45, 2.75) is 25.3 Å². The van der Waals surface area contributed by atoms with Gasteiger partial charge < -0.3 is 15.2 Å². The largest absolute Gasteiger partial charge is 0.354 e. The van der Waals surface area contributed by atoms with E-state index >= 15 is 0 Å². The predicted molar refractivity (Wildman–Crippen MR) is 58.7 cm³/mol. The summed E-state index contributed by atoms with van der Waals surface area (Å²) in [5.41, 5.74) is 0. The number of hydrogen-bond acceptors (Lipinski definition) is 4. The molecule has 16 heavy (non-hydrogen) atoms. The van der Waals surface area contributed by atoms with Crippen molar-refractivity contribution in [3.05, 3.63) is 12.2 Å². The summed E-state index contributed by atoms with van der Waals surface area (Å²) in [4.78, 5) is 11.6. The topological polar surface area (TPSA) is 71.8 Å². The van der Waals surface area contributed by atoms with Crippen molar-refractivity contribution < 1.29 is 4.79 Å². The minimum absolute atomic E-state index is 0.000466. The number of aromatic nitrogens is 3. The molecule has 1 amide bonds. The molecule has 1 aromatic rings. The molecule has 2 N–H and O–H groups in total. The van der Waals surface area contributed by atoms with Crippen LogP contribution in [0.25, 0.3) is 0 Å². The van der Waals surface area contributed by atoms with Gasteiger partial charge in [0.1, 0.15) is 12.2 Å². The Bertz CT molecular complexity index is 356. The van der Waals surface area contributed by atoms with Gasteiger partial charge in [0.25, 0.3) is 0 Å². The number of carbonyl (C=O) groups excluding carboxylic acids is 1. The van der Waals surface area contributed by atoms with Gasteiger partial charge >= 0.3 is 0 Å². The number of nitrogens with one attached hydrogen (secondary N) is 2. The lowest BCUT2D eigenvalue weighted by atomic mass is 10.2. The molecule has 6 nitrogen and oxygen atoms in total. The summed E-state index contributed by atoms with van der Waals surface area (Å²) < 4.78 is 1.86. The van der Waals surface area contributed by atoms with Crippen LogP contribution in [-0.2, 0) is 18.3 Å². The Balaban J connectivity index is 1.71. The fourth-order valence-electron chi connectivity index (χ4n) is 1.86. The molecule has 1 saturated heterocycles. The molecule has 0 aliphatic carbocycles. The van der Waals surface area contributed by atoms with Gasteiger partial charge in [0.2, 0.25) is 5.91 Å². The first-order chi connectivity index (χ1) is 7.77. The summed E-state index contributed by atoms with van der Waals surface area (Å²) in [6, 6.07) is -0.000466. The molecule has 1 atom stereocenters. The molecule has 0 bridgehead atoms. The van der Waals surface area contributed by atoms with Crippen LogP contribution in [0.4, 0.5) is 0 Å². The lowest BCUT2D eigenvalue weighted by Crippen LogP contribution is -2.41. The fraction of sp³-hybridized carbons (Fsp3) is 0.700. The molecule has 0 saturated carbocycles. The quantitative estimate of drug-likeness (QED) is 0.703. The lowest BCUT2D eigenvalue weighted by Gasteiger charge is -2.10. The van der Waals surface area contributed by atoms with Gasteiger partial charge in [0, 0.05) is 20.0 Å². The molecule has 0 radical (unpaired) electrons. The van der Waals surface area contributed by atoms with Gasteiger partial charge in [-0.3, -0.25) is 4.79 Å². The van der Waals surface area contributed by atoms with E-state index in [-0.39, 0.29) is 11.9 Å². The minimum Gasteiger partial charge on any atom is -0.354 e. The number of rotatable bonds is 4. The molecule has 1 aromatic heterocycles. The second kappa shape index (κ2) is 5.07. The van der Waals surface area contributed by atoms with Crippen LogP contribution >= 0.6 is 0 Å². The maximum Gasteiger partial charge on any atom is 0.237 e. The van der Waals surface area contributed by atoms with E-state index in [0.29, 0.717) is 6.54 Å². The third-order valence-electron chi connectivity index (χ3n) is 2.83. The standard InChI is InChI=1S/C10H17N5O/c1-15-7-13-14-9(15)4-6-12-10(16)8-3-2-5-11-8/h7-8,11H,2-6H2,1H3,(H,12,16)/t8-/m1/s1. The number of carbonyl (C=O) groups is 1. The van der Waals surface area contributed by atoms with Crippen LogP contribution in [0, 0.1) is 0 Å². The number of amides is 1. The van der Waals surface area contributed by atoms with Crippen LogP contribution in [-0.4, -0.2) is 39.8 Å². The van der Waals surface area contributed by atoms with Crippen LogP contribution in [0.1, 0.15) is 18.7 Å². The summed E-state index contributed by atoms with van der Waals surface area (Å²) in [7, 11) is 1.90. The molecule has 2 rings (SSSR count). The van der Waals surface area contributed by atoms with Crippen molar-refractivity contribution in [3.8, 4) is 0 Å². The summed E-state index contributed by atoms with van der Waals surface area (Å²) in [5.74, 6) is 0.986. The summed E-state index contributed by atoms with van der Waals surface area (Å²) in [5, 5.41) is 13.8. The van der Waals surface area contributed by atoms with Crippen LogP contribution in [0.3, 0.4) is 0 Å². The Labute approximate surface area is 94.4 Å². The van der Waals surface area contributed by atoms with E-state index in [4.69, 9.17) is 0 Å². The van der Waals surface area contributed by atoms with Crippen LogP contribution in [0.5, 0.6) is 0 Å². The van der Waals surface area contributed by atoms with Crippen LogP contribution < -0.4 is 10.6 Å². The summed E-state index contributed by atoms with van der Waals surface area (Å²) in [6.45, 7) is 1.56. The Morgan fingerprint density at radius 1 is 1.75 bits per heavy atom. The van der Waals surface area contributed by atoms with E-state index in [1.807, 2.05) is 11.6 Å². The molecule has 2 heterocycles. The normalized spacial score (nSPS) is 19.9. The monoisotopic (exact) mass is 223 g/mol. The highest BCUT2D eigenvalue weighted by Gasteiger charge is 2.21. The Kier molecular flexibility index (Phi) is 3.51. The predicted octanol–water partition coefficient (Wildman–Crippen LogP) is -0.774. The number of nitrogens with zero attached hydrogens (tertiary/aromatic N) is 3. The zero-order valence-electron chi connectivity index (χ0n) is 9.44. The molecular formula is C10H17N5O. The van der Waals surface area contributed by atoms with Crippen molar-refractivity contribution in [1.29, 1.82) is 0 Å². The van der Waals surface area contributed by atoms with Gasteiger partial charge in [0.05, 0.1) is 6.04 Å². The zero-order chi connectivity index (χ0) is 11.4. The first kappa shape index (κ1) is 11.1. The first-order valence-electron chi connectivity index (χ1n) is 5.61. The number of hydrogen-bond donors (Lipinski definition) is 2. The Morgan fingerprint density at radius 3 is 3.25 bits per heavy atom. The number of aryl methyl sites for hydroxylation is 1. The van der Waals surface area contributed by atoms with Crippen molar-refractivity contribution in [2.24, 2.45) is 7.05 Å². The van der Waals surface area contributed by atoms with E-state index in [2.05, 4.69) is 20.8 Å². The second-order valence-electron chi connectivity index (χ2n) is 4.05. The molecule has 6 heteroatoms. The van der Waals surface area contributed by atoms with Crippen LogP contribution in [0.2, 0.25) is 0 Å². The molecule has 0 spiro atoms. The van der Waals surface area contributed by atoms with E-state index < -0.39 is 0 Å². The summed E-state index contributed by atoms with van der Waals surface area (Å²) >= 11 is 0. The molecular weight excluding hydrogens is 206 g/mol. The average molecular weight is 223 g/mol.